The van der Waals surface area contributed by atoms with Crippen LogP contribution in [0.25, 0.3) is 0 Å². The van der Waals surface area contributed by atoms with Gasteiger partial charge in [0.15, 0.2) is 9.84 Å². The lowest BCUT2D eigenvalue weighted by molar-refractivity contribution is 0.0734. The van der Waals surface area contributed by atoms with Crippen molar-refractivity contribution in [2.24, 2.45) is 0 Å². The van der Waals surface area contributed by atoms with Gasteiger partial charge in [0.1, 0.15) is 11.5 Å². The van der Waals surface area contributed by atoms with Crippen LogP contribution in [0.4, 0.5) is 0 Å². The number of ether oxygens (including phenoxy) is 3. The fraction of sp³-hybridized carbons (Fsp3) is 0.606. The van der Waals surface area contributed by atoms with Crippen LogP contribution in [0.15, 0.2) is 48.5 Å². The van der Waals surface area contributed by atoms with E-state index in [-0.39, 0.29) is 23.7 Å². The first kappa shape index (κ1) is 32.1. The van der Waals surface area contributed by atoms with Crippen molar-refractivity contribution in [3.8, 4) is 11.5 Å². The third kappa shape index (κ3) is 12.4. The lowest BCUT2D eigenvalue weighted by Crippen LogP contribution is -2.15. The number of rotatable bonds is 21. The van der Waals surface area contributed by atoms with Gasteiger partial charge >= 0.3 is 5.97 Å². The monoisotopic (exact) mass is 572 g/mol. The van der Waals surface area contributed by atoms with Crippen LogP contribution in [0.1, 0.15) is 113 Å². The van der Waals surface area contributed by atoms with E-state index < -0.39 is 15.8 Å². The van der Waals surface area contributed by atoms with Crippen LogP contribution in [0.5, 0.6) is 11.5 Å². The van der Waals surface area contributed by atoms with Crippen molar-refractivity contribution < 1.29 is 27.4 Å². The van der Waals surface area contributed by atoms with Gasteiger partial charge in [-0.3, -0.25) is 0 Å². The largest absolute Gasteiger partial charge is 0.494 e. The first-order valence-electron chi connectivity index (χ1n) is 15.3. The molecule has 1 aliphatic heterocycles. The molecule has 0 saturated carbocycles. The van der Waals surface area contributed by atoms with E-state index in [1.165, 1.54) is 64.2 Å². The van der Waals surface area contributed by atoms with Crippen LogP contribution in [-0.2, 0) is 20.3 Å². The van der Waals surface area contributed by atoms with E-state index in [9.17, 15) is 13.2 Å². The summed E-state index contributed by atoms with van der Waals surface area (Å²) in [4.78, 5) is 12.6. The number of hydrogen-bond donors (Lipinski definition) is 0. The number of benzene rings is 2. The van der Waals surface area contributed by atoms with Gasteiger partial charge in [0, 0.05) is 0 Å². The Hall–Kier alpha value is -2.38. The molecule has 40 heavy (non-hydrogen) atoms. The molecule has 2 atom stereocenters. The van der Waals surface area contributed by atoms with Gasteiger partial charge < -0.3 is 14.2 Å². The van der Waals surface area contributed by atoms with Crippen LogP contribution in [-0.4, -0.2) is 39.0 Å². The number of esters is 1. The predicted molar refractivity (Wildman–Crippen MR) is 161 cm³/mol. The maximum absolute atomic E-state index is 12.6. The zero-order chi connectivity index (χ0) is 28.6. The van der Waals surface area contributed by atoms with Crippen molar-refractivity contribution in [1.82, 2.24) is 0 Å². The molecule has 1 fully saturated rings. The Morgan fingerprint density at radius 1 is 0.725 bits per heavy atom. The van der Waals surface area contributed by atoms with Gasteiger partial charge in [-0.1, -0.05) is 96.6 Å². The molecule has 0 N–H and O–H groups in total. The molecule has 3 rings (SSSR count). The van der Waals surface area contributed by atoms with Gasteiger partial charge in [-0.05, 0) is 54.8 Å². The molecule has 222 valence electrons. The summed E-state index contributed by atoms with van der Waals surface area (Å²) in [6.07, 6.45) is 15.6. The van der Waals surface area contributed by atoms with Crippen LogP contribution >= 0.6 is 0 Å². The molecule has 7 heteroatoms. The highest BCUT2D eigenvalue weighted by atomic mass is 32.2. The smallest absolute Gasteiger partial charge is 0.343 e. The molecule has 1 aliphatic rings. The number of epoxide rings is 1. The average molecular weight is 573 g/mol. The molecule has 0 bridgehead atoms. The summed E-state index contributed by atoms with van der Waals surface area (Å²) in [7, 11) is -3.29. The Kier molecular flexibility index (Phi) is 14.0. The Labute approximate surface area is 241 Å². The van der Waals surface area contributed by atoms with Gasteiger partial charge in [-0.2, -0.15) is 0 Å². The van der Waals surface area contributed by atoms with E-state index in [2.05, 4.69) is 13.8 Å². The van der Waals surface area contributed by atoms with E-state index in [0.717, 1.165) is 25.0 Å². The Balaban J connectivity index is 1.34. The topological polar surface area (TPSA) is 82.2 Å². The van der Waals surface area contributed by atoms with Crippen molar-refractivity contribution in [3.63, 3.8) is 0 Å². The quantitative estimate of drug-likeness (QED) is 0.0651. The molecule has 1 heterocycles. The van der Waals surface area contributed by atoms with E-state index in [1.54, 1.807) is 48.5 Å². The Morgan fingerprint density at radius 2 is 1.30 bits per heavy atom. The summed E-state index contributed by atoms with van der Waals surface area (Å²) in [6.45, 7) is 5.09. The summed E-state index contributed by atoms with van der Waals surface area (Å²) in [5.41, 5.74) is 1.02. The predicted octanol–water partition coefficient (Wildman–Crippen LogP) is 8.08. The summed E-state index contributed by atoms with van der Waals surface area (Å²) in [5.74, 6) is 0.691. The molecule has 0 amide bonds. The third-order valence-corrected chi connectivity index (χ3v) is 8.93. The summed E-state index contributed by atoms with van der Waals surface area (Å²) in [5, 5.41) is 0. The lowest BCUT2D eigenvalue weighted by atomic mass is 10.1. The average Bonchev–Trinajstić information content (AvgIpc) is 3.67. The van der Waals surface area contributed by atoms with E-state index >= 15 is 0 Å². The second-order valence-electron chi connectivity index (χ2n) is 11.0. The number of carbonyl (C=O) groups excluding carboxylic acids is 1. The number of sulfone groups is 1. The highest BCUT2D eigenvalue weighted by Crippen LogP contribution is 2.29. The fourth-order valence-electron chi connectivity index (χ4n) is 4.85. The van der Waals surface area contributed by atoms with Crippen LogP contribution in [0.3, 0.4) is 0 Å². The van der Waals surface area contributed by atoms with Crippen molar-refractivity contribution in [1.29, 1.82) is 0 Å². The molecule has 0 aliphatic carbocycles. The van der Waals surface area contributed by atoms with E-state index in [1.807, 2.05) is 0 Å². The minimum absolute atomic E-state index is 0.0497. The number of unbranched alkanes of at least 4 members (excludes halogenated alkanes) is 10. The molecule has 0 aromatic heterocycles. The highest BCUT2D eigenvalue weighted by molar-refractivity contribution is 7.90. The summed E-state index contributed by atoms with van der Waals surface area (Å²) >= 11 is 0. The fourth-order valence-corrected chi connectivity index (χ4v) is 6.46. The van der Waals surface area contributed by atoms with E-state index in [4.69, 9.17) is 14.2 Å². The SMILES string of the molecule is CCCCCCCCCCOc1ccc(OC(=O)c2ccc(CS(=O)(=O)C[C@H]3O[C@H]3CCCCCC)cc2)cc1. The van der Waals surface area contributed by atoms with Gasteiger partial charge in [0.2, 0.25) is 0 Å². The van der Waals surface area contributed by atoms with Crippen molar-refractivity contribution in [2.45, 2.75) is 115 Å². The van der Waals surface area contributed by atoms with E-state index in [0.29, 0.717) is 23.5 Å². The number of hydrogen-bond acceptors (Lipinski definition) is 6. The van der Waals surface area contributed by atoms with Gasteiger partial charge in [0.05, 0.1) is 35.9 Å². The normalized spacial score (nSPS) is 16.6. The van der Waals surface area contributed by atoms with Crippen molar-refractivity contribution >= 4 is 15.8 Å². The lowest BCUT2D eigenvalue weighted by Gasteiger charge is -2.08. The summed E-state index contributed by atoms with van der Waals surface area (Å²) in [6, 6.07) is 13.6. The van der Waals surface area contributed by atoms with Gasteiger partial charge in [-0.15, -0.1) is 0 Å². The molecular weight excluding hydrogens is 524 g/mol. The zero-order valence-corrected chi connectivity index (χ0v) is 25.3. The van der Waals surface area contributed by atoms with Gasteiger partial charge in [0.25, 0.3) is 0 Å². The minimum Gasteiger partial charge on any atom is -0.494 e. The first-order chi connectivity index (χ1) is 19.4. The van der Waals surface area contributed by atoms with Crippen LogP contribution < -0.4 is 9.47 Å². The van der Waals surface area contributed by atoms with Crippen molar-refractivity contribution in [3.05, 3.63) is 59.7 Å². The van der Waals surface area contributed by atoms with Gasteiger partial charge in [-0.25, -0.2) is 13.2 Å². The second-order valence-corrected chi connectivity index (χ2v) is 13.1. The Bertz CT molecular complexity index is 1090. The minimum atomic E-state index is -3.29. The molecule has 0 radical (unpaired) electrons. The number of carbonyl (C=O) groups is 1. The molecule has 6 nitrogen and oxygen atoms in total. The first-order valence-corrected chi connectivity index (χ1v) is 17.1. The Morgan fingerprint density at radius 3 is 1.95 bits per heavy atom. The maximum Gasteiger partial charge on any atom is 0.343 e. The third-order valence-electron chi connectivity index (χ3n) is 7.33. The summed E-state index contributed by atoms with van der Waals surface area (Å²) < 4.78 is 42.1. The standard InChI is InChI=1S/C33H48O6S/c1-3-5-7-9-10-11-12-14-24-37-29-20-22-30(23-21-29)38-33(34)28-18-16-27(17-19-28)25-40(35,36)26-32-31(39-32)15-13-8-6-4-2/h16-23,31-32H,3-15,24-26H2,1-2H3/t31-,32+/m0/s1. The molecule has 2 aromatic carbocycles. The molecule has 0 unspecified atom stereocenters. The zero-order valence-electron chi connectivity index (χ0n) is 24.4. The van der Waals surface area contributed by atoms with Crippen LogP contribution in [0.2, 0.25) is 0 Å². The molecule has 0 spiro atoms. The molecule has 2 aromatic rings. The van der Waals surface area contributed by atoms with Crippen LogP contribution in [0, 0.1) is 0 Å². The van der Waals surface area contributed by atoms with Crippen molar-refractivity contribution in [2.75, 3.05) is 12.4 Å². The maximum atomic E-state index is 12.6. The second kappa shape index (κ2) is 17.4. The molecule has 1 saturated heterocycles. The molecular formula is C33H48O6S. The highest BCUT2D eigenvalue weighted by Gasteiger charge is 2.41.